The molecule has 35 heavy (non-hydrogen) atoms. The molecule has 0 saturated carbocycles. The molecule has 0 aliphatic heterocycles. The number of pyridine rings is 1. The van der Waals surface area contributed by atoms with Crippen molar-refractivity contribution in [1.82, 2.24) is 14.5 Å². The lowest BCUT2D eigenvalue weighted by molar-refractivity contribution is -0.137. The molecular weight excluding hydrogens is 497 g/mol. The first-order chi connectivity index (χ1) is 16.1. The van der Waals surface area contributed by atoms with Crippen molar-refractivity contribution in [3.05, 3.63) is 54.5 Å². The summed E-state index contributed by atoms with van der Waals surface area (Å²) in [6.45, 7) is 7.39. The smallest absolute Gasteiger partial charge is 0.361 e. The molecule has 190 valence electrons. The van der Waals surface area contributed by atoms with E-state index in [1.54, 1.807) is 22.9 Å². The molecule has 0 unspecified atom stereocenters. The zero-order valence-corrected chi connectivity index (χ0v) is 22.1. The number of alkyl halides is 3. The van der Waals surface area contributed by atoms with Crippen molar-refractivity contribution in [2.24, 2.45) is 0 Å². The molecule has 0 aliphatic carbocycles. The van der Waals surface area contributed by atoms with Gasteiger partial charge < -0.3 is 9.30 Å². The summed E-state index contributed by atoms with van der Waals surface area (Å²) in [6, 6.07) is 7.52. The number of halogens is 3. The zero-order chi connectivity index (χ0) is 26.0. The Morgan fingerprint density at radius 1 is 1.11 bits per heavy atom. The first-order valence-electron chi connectivity index (χ1n) is 10.9. The Morgan fingerprint density at radius 3 is 2.46 bits per heavy atom. The SMILES string of the molecule is CN(c1cncc(-c2nc(-c3cccc(C(F)(F)F)c3)cn2COCC[Si](C)(C)C)c1)S(C)(=O)=O. The molecule has 2 aromatic heterocycles. The highest BCUT2D eigenvalue weighted by molar-refractivity contribution is 7.92. The van der Waals surface area contributed by atoms with Crippen molar-refractivity contribution in [2.75, 3.05) is 24.2 Å². The Kier molecular flexibility index (Phi) is 7.77. The van der Waals surface area contributed by atoms with Crippen LogP contribution in [0.5, 0.6) is 0 Å². The zero-order valence-electron chi connectivity index (χ0n) is 20.3. The molecule has 0 atom stereocenters. The minimum absolute atomic E-state index is 0.137. The van der Waals surface area contributed by atoms with E-state index in [1.165, 1.54) is 25.5 Å². The Morgan fingerprint density at radius 2 is 1.83 bits per heavy atom. The van der Waals surface area contributed by atoms with Gasteiger partial charge in [0.05, 0.1) is 29.4 Å². The second-order valence-electron chi connectivity index (χ2n) is 9.51. The summed E-state index contributed by atoms with van der Waals surface area (Å²) < 4.78 is 72.3. The van der Waals surface area contributed by atoms with Gasteiger partial charge >= 0.3 is 6.18 Å². The molecule has 0 saturated heterocycles. The molecule has 3 aromatic rings. The van der Waals surface area contributed by atoms with E-state index in [2.05, 4.69) is 29.6 Å². The van der Waals surface area contributed by atoms with Gasteiger partial charge in [-0.05, 0) is 24.2 Å². The highest BCUT2D eigenvalue weighted by atomic mass is 32.2. The van der Waals surface area contributed by atoms with Crippen molar-refractivity contribution in [3.8, 4) is 22.6 Å². The van der Waals surface area contributed by atoms with Gasteiger partial charge in [0.1, 0.15) is 12.6 Å². The van der Waals surface area contributed by atoms with Crippen molar-refractivity contribution >= 4 is 23.8 Å². The first-order valence-corrected chi connectivity index (χ1v) is 16.4. The van der Waals surface area contributed by atoms with E-state index in [0.29, 0.717) is 34.9 Å². The van der Waals surface area contributed by atoms with Crippen molar-refractivity contribution in [3.63, 3.8) is 0 Å². The number of benzene rings is 1. The third-order valence-electron chi connectivity index (χ3n) is 5.33. The minimum Gasteiger partial charge on any atom is -0.361 e. The summed E-state index contributed by atoms with van der Waals surface area (Å²) in [4.78, 5) is 8.73. The molecule has 0 bridgehead atoms. The average Bonchev–Trinajstić information content (AvgIpc) is 3.19. The maximum atomic E-state index is 13.2. The van der Waals surface area contributed by atoms with Gasteiger partial charge in [0.25, 0.3) is 0 Å². The van der Waals surface area contributed by atoms with Crippen LogP contribution >= 0.6 is 0 Å². The van der Waals surface area contributed by atoms with Crippen molar-refractivity contribution in [1.29, 1.82) is 0 Å². The molecular formula is C23H29F3N4O3SSi. The predicted molar refractivity (Wildman–Crippen MR) is 133 cm³/mol. The number of imidazole rings is 1. The summed E-state index contributed by atoms with van der Waals surface area (Å²) >= 11 is 0. The van der Waals surface area contributed by atoms with Crippen LogP contribution in [0.2, 0.25) is 25.7 Å². The normalized spacial score (nSPS) is 12.7. The standard InChI is InChI=1S/C23H29F3N4O3SSi/c1-29(34(2,31)32)20-12-18(13-27-14-20)22-28-21(15-30(22)16-33-9-10-35(3,4)5)17-7-6-8-19(11-17)23(24,25)26/h6-8,11-15H,9-10,16H2,1-5H3. The topological polar surface area (TPSA) is 77.3 Å². The van der Waals surface area contributed by atoms with Gasteiger partial charge in [-0.3, -0.25) is 9.29 Å². The van der Waals surface area contributed by atoms with Crippen molar-refractivity contribution < 1.29 is 26.3 Å². The lowest BCUT2D eigenvalue weighted by Gasteiger charge is -2.17. The third kappa shape index (κ3) is 7.15. The number of hydrogen-bond acceptors (Lipinski definition) is 5. The van der Waals surface area contributed by atoms with E-state index in [-0.39, 0.29) is 6.73 Å². The molecule has 7 nitrogen and oxygen atoms in total. The molecule has 2 heterocycles. The molecule has 0 radical (unpaired) electrons. The van der Waals surface area contributed by atoms with Crippen molar-refractivity contribution in [2.45, 2.75) is 38.6 Å². The average molecular weight is 527 g/mol. The molecule has 0 aliphatic rings. The maximum absolute atomic E-state index is 13.2. The lowest BCUT2D eigenvalue weighted by Crippen LogP contribution is -2.24. The molecule has 0 amide bonds. The van der Waals surface area contributed by atoms with Gasteiger partial charge in [-0.25, -0.2) is 13.4 Å². The van der Waals surface area contributed by atoms with Gasteiger partial charge in [0.15, 0.2) is 0 Å². The second-order valence-corrected chi connectivity index (χ2v) is 17.1. The molecule has 0 fully saturated rings. The monoisotopic (exact) mass is 526 g/mol. The van der Waals surface area contributed by atoms with E-state index < -0.39 is 29.8 Å². The highest BCUT2D eigenvalue weighted by Crippen LogP contribution is 2.33. The largest absolute Gasteiger partial charge is 0.416 e. The summed E-state index contributed by atoms with van der Waals surface area (Å²) in [5.74, 6) is 0.404. The lowest BCUT2D eigenvalue weighted by atomic mass is 10.1. The Labute approximate surface area is 204 Å². The molecule has 12 heteroatoms. The van der Waals surface area contributed by atoms with Crippen LogP contribution in [0.1, 0.15) is 5.56 Å². The summed E-state index contributed by atoms with van der Waals surface area (Å²) in [7, 11) is -3.41. The van der Waals surface area contributed by atoms with E-state index in [1.807, 2.05) is 0 Å². The Hall–Kier alpha value is -2.70. The maximum Gasteiger partial charge on any atom is 0.416 e. The molecule has 3 rings (SSSR count). The molecule has 0 spiro atoms. The summed E-state index contributed by atoms with van der Waals surface area (Å²) in [5, 5.41) is 0. The van der Waals surface area contributed by atoms with Crippen LogP contribution in [-0.2, 0) is 27.7 Å². The van der Waals surface area contributed by atoms with Gasteiger partial charge in [0.2, 0.25) is 10.0 Å². The molecule has 0 N–H and O–H groups in total. The first kappa shape index (κ1) is 26.9. The van der Waals surface area contributed by atoms with Crippen LogP contribution in [0.15, 0.2) is 48.9 Å². The number of ether oxygens (including phenoxy) is 1. The fraction of sp³-hybridized carbons (Fsp3) is 0.391. The second kappa shape index (κ2) is 10.1. The van der Waals surface area contributed by atoms with Gasteiger partial charge in [0, 0.05) is 45.2 Å². The van der Waals surface area contributed by atoms with E-state index >= 15 is 0 Å². The van der Waals surface area contributed by atoms with E-state index in [4.69, 9.17) is 4.74 Å². The van der Waals surface area contributed by atoms with Crippen LogP contribution in [0.4, 0.5) is 18.9 Å². The highest BCUT2D eigenvalue weighted by Gasteiger charge is 2.30. The summed E-state index contributed by atoms with van der Waals surface area (Å²) in [6.07, 6.45) is 1.17. The number of nitrogens with zero attached hydrogens (tertiary/aromatic N) is 4. The van der Waals surface area contributed by atoms with Crippen LogP contribution in [0, 0.1) is 0 Å². The minimum atomic E-state index is -4.48. The van der Waals surface area contributed by atoms with Crippen LogP contribution < -0.4 is 4.31 Å². The van der Waals surface area contributed by atoms with E-state index in [0.717, 1.165) is 28.7 Å². The number of anilines is 1. The molecule has 1 aromatic carbocycles. The Balaban J connectivity index is 2.02. The van der Waals surface area contributed by atoms with Gasteiger partial charge in [-0.15, -0.1) is 0 Å². The van der Waals surface area contributed by atoms with Gasteiger partial charge in [-0.1, -0.05) is 31.8 Å². The van der Waals surface area contributed by atoms with Crippen LogP contribution in [0.25, 0.3) is 22.6 Å². The number of rotatable bonds is 9. The fourth-order valence-electron chi connectivity index (χ4n) is 3.19. The number of hydrogen-bond donors (Lipinski definition) is 0. The predicted octanol–water partition coefficient (Wildman–Crippen LogP) is 5.34. The number of sulfonamides is 1. The van der Waals surface area contributed by atoms with Crippen LogP contribution in [-0.4, -0.2) is 50.9 Å². The third-order valence-corrected chi connectivity index (χ3v) is 8.24. The number of aromatic nitrogens is 3. The Bertz CT molecular complexity index is 1290. The van der Waals surface area contributed by atoms with Gasteiger partial charge in [-0.2, -0.15) is 13.2 Å². The van der Waals surface area contributed by atoms with Crippen LogP contribution in [0.3, 0.4) is 0 Å². The summed E-state index contributed by atoms with van der Waals surface area (Å²) in [5.41, 5.74) is 0.710. The van der Waals surface area contributed by atoms with E-state index in [9.17, 15) is 21.6 Å². The quantitative estimate of drug-likeness (QED) is 0.278. The fourth-order valence-corrected chi connectivity index (χ4v) is 4.43.